The number of halogens is 2. The van der Waals surface area contributed by atoms with Crippen LogP contribution in [0.3, 0.4) is 0 Å². The minimum Gasteiger partial charge on any atom is -0.444 e. The Bertz CT molecular complexity index is 943. The topological polar surface area (TPSA) is 111 Å². The number of rotatable bonds is 4. The summed E-state index contributed by atoms with van der Waals surface area (Å²) in [6, 6.07) is 6.85. The zero-order valence-corrected chi connectivity index (χ0v) is 16.0. The van der Waals surface area contributed by atoms with Gasteiger partial charge in [0, 0.05) is 17.8 Å². The molecule has 2 N–H and O–H groups in total. The van der Waals surface area contributed by atoms with Crippen LogP contribution in [-0.4, -0.2) is 22.5 Å². The molecule has 2 aromatic carbocycles. The molecule has 148 valence electrons. The number of nitrogens with zero attached hydrogens (tertiary/aromatic N) is 1. The van der Waals surface area contributed by atoms with Gasteiger partial charge in [0.1, 0.15) is 11.4 Å². The number of carbonyl (C=O) groups is 2. The van der Waals surface area contributed by atoms with Gasteiger partial charge < -0.3 is 10.1 Å². The number of ether oxygens (including phenoxy) is 1. The van der Waals surface area contributed by atoms with Crippen LogP contribution in [0.1, 0.15) is 31.1 Å². The molecule has 8 nitrogen and oxygen atoms in total. The van der Waals surface area contributed by atoms with Gasteiger partial charge in [-0.3, -0.25) is 20.2 Å². The Labute approximate surface area is 164 Å². The van der Waals surface area contributed by atoms with Gasteiger partial charge in [-0.05, 0) is 45.0 Å². The van der Waals surface area contributed by atoms with E-state index in [-0.39, 0.29) is 27.6 Å². The van der Waals surface area contributed by atoms with Crippen LogP contribution in [0, 0.1) is 15.9 Å². The molecule has 0 spiro atoms. The normalized spacial score (nSPS) is 10.9. The number of non-ortho nitro benzene ring substituents is 1. The first-order valence-corrected chi connectivity index (χ1v) is 8.39. The first-order valence-electron chi connectivity index (χ1n) is 8.01. The maximum Gasteiger partial charge on any atom is 0.412 e. The Morgan fingerprint density at radius 3 is 2.39 bits per heavy atom. The molecule has 10 heteroatoms. The minimum absolute atomic E-state index is 0.0721. The van der Waals surface area contributed by atoms with Gasteiger partial charge in [0.2, 0.25) is 0 Å². The quantitative estimate of drug-likeness (QED) is 0.546. The highest BCUT2D eigenvalue weighted by Gasteiger charge is 2.18. The lowest BCUT2D eigenvalue weighted by Crippen LogP contribution is -2.27. The Morgan fingerprint density at radius 1 is 1.14 bits per heavy atom. The maximum absolute atomic E-state index is 14.0. The van der Waals surface area contributed by atoms with Crippen molar-refractivity contribution in [1.29, 1.82) is 0 Å². The number of hydrogen-bond donors (Lipinski definition) is 2. The molecule has 0 saturated heterocycles. The van der Waals surface area contributed by atoms with E-state index < -0.39 is 28.3 Å². The number of hydrogen-bond acceptors (Lipinski definition) is 5. The van der Waals surface area contributed by atoms with Gasteiger partial charge in [-0.15, -0.1) is 0 Å². The maximum atomic E-state index is 14.0. The van der Waals surface area contributed by atoms with Crippen molar-refractivity contribution in [3.63, 3.8) is 0 Å². The minimum atomic E-state index is -0.770. The number of amides is 2. The van der Waals surface area contributed by atoms with Crippen LogP contribution in [-0.2, 0) is 4.74 Å². The molecule has 0 aromatic heterocycles. The molecule has 0 aliphatic carbocycles. The number of nitro benzene ring substituents is 1. The predicted molar refractivity (Wildman–Crippen MR) is 102 cm³/mol. The highest BCUT2D eigenvalue weighted by molar-refractivity contribution is 6.34. The fraction of sp³-hybridized carbons (Fsp3) is 0.222. The standard InChI is InChI=1S/C18H17ClFN3O5/c1-18(2,3)28-17(25)21-10-4-7-14(20)15(8-10)22-16(24)12-6-5-11(23(26)27)9-13(12)19/h4-9H,1-3H3,(H,21,25)(H,22,24). The second-order valence-electron chi connectivity index (χ2n) is 6.70. The van der Waals surface area contributed by atoms with E-state index in [0.29, 0.717) is 0 Å². The molecular weight excluding hydrogens is 393 g/mol. The predicted octanol–water partition coefficient (Wildman–Crippen LogP) is 4.99. The molecule has 28 heavy (non-hydrogen) atoms. The van der Waals surface area contributed by atoms with Crippen molar-refractivity contribution in [3.05, 3.63) is 62.9 Å². The summed E-state index contributed by atoms with van der Waals surface area (Å²) in [7, 11) is 0. The van der Waals surface area contributed by atoms with Crippen LogP contribution in [0.15, 0.2) is 36.4 Å². The molecule has 0 unspecified atom stereocenters. The second kappa shape index (κ2) is 8.22. The van der Waals surface area contributed by atoms with E-state index >= 15 is 0 Å². The van der Waals surface area contributed by atoms with Gasteiger partial charge in [-0.25, -0.2) is 9.18 Å². The van der Waals surface area contributed by atoms with E-state index in [1.807, 2.05) is 0 Å². The molecule has 0 heterocycles. The van der Waals surface area contributed by atoms with E-state index in [2.05, 4.69) is 10.6 Å². The van der Waals surface area contributed by atoms with Crippen LogP contribution in [0.2, 0.25) is 5.02 Å². The number of nitro groups is 1. The van der Waals surface area contributed by atoms with Crippen molar-refractivity contribution in [2.75, 3.05) is 10.6 Å². The van der Waals surface area contributed by atoms with E-state index in [4.69, 9.17) is 16.3 Å². The average Bonchev–Trinajstić information content (AvgIpc) is 2.55. The fourth-order valence-corrected chi connectivity index (χ4v) is 2.37. The first kappa shape index (κ1) is 21.1. The van der Waals surface area contributed by atoms with E-state index in [0.717, 1.165) is 24.3 Å². The van der Waals surface area contributed by atoms with Crippen molar-refractivity contribution >= 4 is 40.7 Å². The Hall–Kier alpha value is -3.20. The molecule has 0 saturated carbocycles. The van der Waals surface area contributed by atoms with Crippen molar-refractivity contribution in [3.8, 4) is 0 Å². The number of nitrogens with one attached hydrogen (secondary N) is 2. The molecular formula is C18H17ClFN3O5. The van der Waals surface area contributed by atoms with E-state index in [1.54, 1.807) is 20.8 Å². The van der Waals surface area contributed by atoms with Crippen molar-refractivity contribution in [2.45, 2.75) is 26.4 Å². The van der Waals surface area contributed by atoms with Crippen LogP contribution in [0.5, 0.6) is 0 Å². The molecule has 2 rings (SSSR count). The summed E-state index contributed by atoms with van der Waals surface area (Å²) in [6.45, 7) is 5.07. The molecule has 0 radical (unpaired) electrons. The summed E-state index contributed by atoms with van der Waals surface area (Å²) in [4.78, 5) is 34.2. The molecule has 0 fully saturated rings. The van der Waals surface area contributed by atoms with E-state index in [9.17, 15) is 24.1 Å². The molecule has 0 aliphatic rings. The lowest BCUT2D eigenvalue weighted by molar-refractivity contribution is -0.384. The SMILES string of the molecule is CC(C)(C)OC(=O)Nc1ccc(F)c(NC(=O)c2ccc([N+](=O)[O-])cc2Cl)c1. The van der Waals surface area contributed by atoms with Crippen LogP contribution < -0.4 is 10.6 Å². The highest BCUT2D eigenvalue weighted by atomic mass is 35.5. The highest BCUT2D eigenvalue weighted by Crippen LogP contribution is 2.25. The molecule has 0 atom stereocenters. The lowest BCUT2D eigenvalue weighted by Gasteiger charge is -2.20. The monoisotopic (exact) mass is 409 g/mol. The van der Waals surface area contributed by atoms with Crippen molar-refractivity contribution in [1.82, 2.24) is 0 Å². The summed E-state index contributed by atoms with van der Waals surface area (Å²) in [6.07, 6.45) is -0.741. The van der Waals surface area contributed by atoms with E-state index in [1.165, 1.54) is 12.1 Å². The van der Waals surface area contributed by atoms with Gasteiger partial charge in [-0.1, -0.05) is 11.6 Å². The first-order chi connectivity index (χ1) is 13.0. The summed E-state index contributed by atoms with van der Waals surface area (Å²) in [5.74, 6) is -1.52. The van der Waals surface area contributed by atoms with Crippen molar-refractivity contribution < 1.29 is 23.6 Å². The summed E-state index contributed by atoms with van der Waals surface area (Å²) in [5.41, 5.74) is -1.09. The Balaban J connectivity index is 2.18. The Kier molecular flexibility index (Phi) is 6.19. The van der Waals surface area contributed by atoms with Gasteiger partial charge in [0.05, 0.1) is 21.2 Å². The lowest BCUT2D eigenvalue weighted by atomic mass is 10.2. The number of benzene rings is 2. The fourth-order valence-electron chi connectivity index (χ4n) is 2.11. The van der Waals surface area contributed by atoms with Crippen LogP contribution >= 0.6 is 11.6 Å². The third kappa shape index (κ3) is 5.65. The molecule has 0 bridgehead atoms. The van der Waals surface area contributed by atoms with Crippen molar-refractivity contribution in [2.24, 2.45) is 0 Å². The third-order valence-corrected chi connectivity index (χ3v) is 3.58. The second-order valence-corrected chi connectivity index (χ2v) is 7.10. The van der Waals surface area contributed by atoms with Gasteiger partial charge >= 0.3 is 6.09 Å². The van der Waals surface area contributed by atoms with Crippen LogP contribution in [0.25, 0.3) is 0 Å². The van der Waals surface area contributed by atoms with Gasteiger partial charge in [0.25, 0.3) is 11.6 Å². The molecule has 2 aromatic rings. The largest absolute Gasteiger partial charge is 0.444 e. The summed E-state index contributed by atoms with van der Waals surface area (Å²) < 4.78 is 19.1. The van der Waals surface area contributed by atoms with Crippen LogP contribution in [0.4, 0.5) is 26.2 Å². The van der Waals surface area contributed by atoms with Gasteiger partial charge in [0.15, 0.2) is 0 Å². The smallest absolute Gasteiger partial charge is 0.412 e. The number of carbonyl (C=O) groups excluding carboxylic acids is 2. The summed E-state index contributed by atoms with van der Waals surface area (Å²) >= 11 is 5.90. The third-order valence-electron chi connectivity index (χ3n) is 3.27. The number of anilines is 2. The van der Waals surface area contributed by atoms with Gasteiger partial charge in [-0.2, -0.15) is 0 Å². The average molecular weight is 410 g/mol. The zero-order chi connectivity index (χ0) is 21.1. The molecule has 2 amide bonds. The summed E-state index contributed by atoms with van der Waals surface area (Å²) in [5, 5.41) is 15.3. The Morgan fingerprint density at radius 2 is 1.82 bits per heavy atom. The zero-order valence-electron chi connectivity index (χ0n) is 15.2. The molecule has 0 aliphatic heterocycles.